The molecule has 0 saturated carbocycles. The monoisotopic (exact) mass is 364 g/mol. The molecule has 0 aliphatic heterocycles. The molecule has 3 nitrogen and oxygen atoms in total. The van der Waals surface area contributed by atoms with Gasteiger partial charge in [0.25, 0.3) is 0 Å². The lowest BCUT2D eigenvalue weighted by molar-refractivity contribution is -0.113. The van der Waals surface area contributed by atoms with E-state index in [9.17, 15) is 4.79 Å². The lowest BCUT2D eigenvalue weighted by atomic mass is 10.1. The third kappa shape index (κ3) is 4.07. The van der Waals surface area contributed by atoms with Crippen LogP contribution >= 0.6 is 11.8 Å². The average molecular weight is 365 g/mol. The maximum Gasteiger partial charge on any atom is 0.234 e. The van der Waals surface area contributed by atoms with E-state index >= 15 is 0 Å². The zero-order valence-electron chi connectivity index (χ0n) is 15.7. The van der Waals surface area contributed by atoms with E-state index in [2.05, 4.69) is 37.4 Å². The van der Waals surface area contributed by atoms with Crippen LogP contribution in [-0.2, 0) is 11.2 Å². The molecule has 3 aromatic rings. The van der Waals surface area contributed by atoms with Gasteiger partial charge < -0.3 is 5.32 Å². The molecule has 0 radical (unpaired) electrons. The zero-order chi connectivity index (χ0) is 18.7. The van der Waals surface area contributed by atoms with Gasteiger partial charge in [-0.1, -0.05) is 48.5 Å². The first-order chi connectivity index (χ1) is 12.5. The molecule has 26 heavy (non-hydrogen) atoms. The van der Waals surface area contributed by atoms with Gasteiger partial charge in [0.2, 0.25) is 5.91 Å². The van der Waals surface area contributed by atoms with Crippen molar-refractivity contribution in [2.75, 3.05) is 11.1 Å². The van der Waals surface area contributed by atoms with Gasteiger partial charge in [-0.3, -0.25) is 4.79 Å². The maximum absolute atomic E-state index is 12.4. The highest BCUT2D eigenvalue weighted by Gasteiger charge is 2.11. The molecule has 0 saturated heterocycles. The van der Waals surface area contributed by atoms with Crippen LogP contribution < -0.4 is 5.32 Å². The second-order valence-electron chi connectivity index (χ2n) is 6.61. The number of thioether (sulfide) groups is 1. The quantitative estimate of drug-likeness (QED) is 0.612. The molecule has 0 fully saturated rings. The molecule has 1 N–H and O–H groups in total. The van der Waals surface area contributed by atoms with Gasteiger partial charge in [-0.25, -0.2) is 4.98 Å². The number of fused-ring (bicyclic) bond motifs is 1. The number of hydrogen-bond donors (Lipinski definition) is 1. The van der Waals surface area contributed by atoms with Crippen LogP contribution in [0.2, 0.25) is 0 Å². The minimum absolute atomic E-state index is 0.000237. The summed E-state index contributed by atoms with van der Waals surface area (Å²) >= 11 is 1.51. The van der Waals surface area contributed by atoms with Crippen molar-refractivity contribution in [3.8, 4) is 0 Å². The first-order valence-electron chi connectivity index (χ1n) is 8.87. The minimum atomic E-state index is 0.000237. The molecule has 0 atom stereocenters. The fraction of sp³-hybridized carbons (Fsp3) is 0.273. The molecule has 0 spiro atoms. The third-order valence-corrected chi connectivity index (χ3v) is 5.51. The summed E-state index contributed by atoms with van der Waals surface area (Å²) in [6.45, 7) is 8.24. The smallest absolute Gasteiger partial charge is 0.234 e. The van der Waals surface area contributed by atoms with Crippen molar-refractivity contribution < 1.29 is 4.79 Å². The first-order valence-corrected chi connectivity index (χ1v) is 9.85. The van der Waals surface area contributed by atoms with Crippen molar-refractivity contribution >= 4 is 34.3 Å². The molecule has 2 aromatic carbocycles. The van der Waals surface area contributed by atoms with Gasteiger partial charge in [-0.2, -0.15) is 0 Å². The van der Waals surface area contributed by atoms with Crippen LogP contribution in [0, 0.1) is 20.8 Å². The number of para-hydroxylation sites is 1. The number of hydrogen-bond acceptors (Lipinski definition) is 3. The molecule has 4 heteroatoms. The zero-order valence-corrected chi connectivity index (χ0v) is 16.5. The predicted octanol–water partition coefficient (Wildman–Crippen LogP) is 5.45. The molecular formula is C22H24N2OS. The Hall–Kier alpha value is -2.33. The summed E-state index contributed by atoms with van der Waals surface area (Å²) in [5.41, 5.74) is 6.47. The minimum Gasteiger partial charge on any atom is -0.325 e. The Morgan fingerprint density at radius 3 is 2.50 bits per heavy atom. The summed E-state index contributed by atoms with van der Waals surface area (Å²) in [6.07, 6.45) is 0.901. The van der Waals surface area contributed by atoms with Crippen LogP contribution in [0.5, 0.6) is 0 Å². The average Bonchev–Trinajstić information content (AvgIpc) is 2.62. The Morgan fingerprint density at radius 2 is 1.81 bits per heavy atom. The number of nitrogens with one attached hydrogen (secondary N) is 1. The Labute approximate surface area is 159 Å². The molecule has 0 aliphatic carbocycles. The second-order valence-corrected chi connectivity index (χ2v) is 7.57. The summed E-state index contributed by atoms with van der Waals surface area (Å²) in [4.78, 5) is 17.2. The van der Waals surface area contributed by atoms with E-state index in [0.717, 1.165) is 39.2 Å². The van der Waals surface area contributed by atoms with Crippen LogP contribution in [0.15, 0.2) is 47.5 Å². The SMILES string of the molecule is CCc1cc2cc(C)ccc2nc1SCC(=O)Nc1c(C)cccc1C. The van der Waals surface area contributed by atoms with Crippen molar-refractivity contribution in [1.82, 2.24) is 4.98 Å². The van der Waals surface area contributed by atoms with E-state index in [0.29, 0.717) is 5.75 Å². The van der Waals surface area contributed by atoms with Crippen molar-refractivity contribution in [1.29, 1.82) is 0 Å². The first kappa shape index (κ1) is 18.5. The van der Waals surface area contributed by atoms with Gasteiger partial charge in [0.1, 0.15) is 5.03 Å². The number of anilines is 1. The number of amides is 1. The van der Waals surface area contributed by atoms with E-state index in [1.165, 1.54) is 22.9 Å². The summed E-state index contributed by atoms with van der Waals surface area (Å²) in [5.74, 6) is 0.353. The lowest BCUT2D eigenvalue weighted by Gasteiger charge is -2.12. The number of rotatable bonds is 5. The van der Waals surface area contributed by atoms with E-state index in [4.69, 9.17) is 4.98 Å². The Balaban J connectivity index is 1.76. The van der Waals surface area contributed by atoms with Crippen molar-refractivity contribution in [2.24, 2.45) is 0 Å². The third-order valence-electron chi connectivity index (χ3n) is 4.48. The summed E-state index contributed by atoms with van der Waals surface area (Å²) in [6, 6.07) is 14.5. The van der Waals surface area contributed by atoms with E-state index in [-0.39, 0.29) is 5.91 Å². The highest BCUT2D eigenvalue weighted by atomic mass is 32.2. The molecule has 1 heterocycles. The van der Waals surface area contributed by atoms with Gasteiger partial charge in [-0.05, 0) is 62.1 Å². The Morgan fingerprint density at radius 1 is 1.08 bits per heavy atom. The van der Waals surface area contributed by atoms with Gasteiger partial charge in [0.05, 0.1) is 11.3 Å². The van der Waals surface area contributed by atoms with E-state index < -0.39 is 0 Å². The molecule has 0 unspecified atom stereocenters. The number of benzene rings is 2. The largest absolute Gasteiger partial charge is 0.325 e. The standard InChI is InChI=1S/C22H24N2OS/c1-5-17-12-18-11-14(2)9-10-19(18)23-22(17)26-13-20(25)24-21-15(3)7-6-8-16(21)4/h6-12H,5,13H2,1-4H3,(H,24,25). The molecule has 0 bridgehead atoms. The molecular weight excluding hydrogens is 340 g/mol. The van der Waals surface area contributed by atoms with E-state index in [1.54, 1.807) is 0 Å². The summed E-state index contributed by atoms with van der Waals surface area (Å²) < 4.78 is 0. The highest BCUT2D eigenvalue weighted by Crippen LogP contribution is 2.27. The molecule has 1 aromatic heterocycles. The molecule has 134 valence electrons. The number of pyridine rings is 1. The maximum atomic E-state index is 12.4. The number of nitrogens with zero attached hydrogens (tertiary/aromatic N) is 1. The Kier molecular flexibility index (Phi) is 5.62. The van der Waals surface area contributed by atoms with Crippen LogP contribution in [0.4, 0.5) is 5.69 Å². The fourth-order valence-electron chi connectivity index (χ4n) is 3.02. The van der Waals surface area contributed by atoms with Gasteiger partial charge in [-0.15, -0.1) is 0 Å². The van der Waals surface area contributed by atoms with E-state index in [1.807, 2.05) is 38.1 Å². The number of aromatic nitrogens is 1. The number of aryl methyl sites for hydroxylation is 4. The lowest BCUT2D eigenvalue weighted by Crippen LogP contribution is -2.16. The van der Waals surface area contributed by atoms with Crippen LogP contribution in [0.1, 0.15) is 29.2 Å². The normalized spacial score (nSPS) is 10.9. The number of carbonyl (C=O) groups is 1. The summed E-state index contributed by atoms with van der Waals surface area (Å²) in [7, 11) is 0. The van der Waals surface area contributed by atoms with Crippen LogP contribution in [0.3, 0.4) is 0 Å². The topological polar surface area (TPSA) is 42.0 Å². The second kappa shape index (κ2) is 7.92. The molecule has 0 aliphatic rings. The van der Waals surface area contributed by atoms with Gasteiger partial charge in [0.15, 0.2) is 0 Å². The van der Waals surface area contributed by atoms with Crippen molar-refractivity contribution in [3.05, 3.63) is 64.7 Å². The fourth-order valence-corrected chi connectivity index (χ4v) is 3.91. The van der Waals surface area contributed by atoms with Crippen LogP contribution in [-0.4, -0.2) is 16.6 Å². The van der Waals surface area contributed by atoms with Gasteiger partial charge >= 0.3 is 0 Å². The highest BCUT2D eigenvalue weighted by molar-refractivity contribution is 8.00. The van der Waals surface area contributed by atoms with Crippen molar-refractivity contribution in [2.45, 2.75) is 39.1 Å². The number of carbonyl (C=O) groups excluding carboxylic acids is 1. The van der Waals surface area contributed by atoms with Gasteiger partial charge in [0, 0.05) is 11.1 Å². The summed E-state index contributed by atoms with van der Waals surface area (Å²) in [5, 5.41) is 5.15. The van der Waals surface area contributed by atoms with Crippen LogP contribution in [0.25, 0.3) is 10.9 Å². The Bertz CT molecular complexity index is 946. The molecule has 1 amide bonds. The molecule has 3 rings (SSSR count). The predicted molar refractivity (Wildman–Crippen MR) is 111 cm³/mol. The van der Waals surface area contributed by atoms with Crippen molar-refractivity contribution in [3.63, 3.8) is 0 Å².